The summed E-state index contributed by atoms with van der Waals surface area (Å²) in [6.45, 7) is 5.65. The van der Waals surface area contributed by atoms with Crippen molar-refractivity contribution in [1.82, 2.24) is 0 Å². The van der Waals surface area contributed by atoms with E-state index in [4.69, 9.17) is 22.4 Å². The molecule has 1 atom stereocenters. The number of halogens is 1. The zero-order valence-corrected chi connectivity index (χ0v) is 8.14. The molecule has 0 amide bonds. The van der Waals surface area contributed by atoms with Crippen molar-refractivity contribution in [3.8, 4) is 0 Å². The van der Waals surface area contributed by atoms with E-state index in [-0.39, 0.29) is 0 Å². The fraction of sp³-hybridized carbons (Fsp3) is 0.556. The Hall–Kier alpha value is -0.310. The van der Waals surface area contributed by atoms with Crippen molar-refractivity contribution < 1.29 is 5.11 Å². The average molecular weight is 190 g/mol. The van der Waals surface area contributed by atoms with Crippen molar-refractivity contribution in [1.29, 1.82) is 0 Å². The van der Waals surface area contributed by atoms with Gasteiger partial charge in [-0.05, 0) is 12.0 Å². The SMILES string of the molecule is C=C/C(CC(N)O)=C(/Cl)CCC. The summed E-state index contributed by atoms with van der Waals surface area (Å²) in [5, 5.41) is 9.66. The Morgan fingerprint density at radius 1 is 1.75 bits per heavy atom. The van der Waals surface area contributed by atoms with Crippen LogP contribution in [0.4, 0.5) is 0 Å². The fourth-order valence-electron chi connectivity index (χ4n) is 0.910. The molecule has 0 aromatic carbocycles. The second kappa shape index (κ2) is 6.23. The van der Waals surface area contributed by atoms with Gasteiger partial charge in [0.05, 0.1) is 0 Å². The van der Waals surface area contributed by atoms with Crippen LogP contribution in [0.1, 0.15) is 26.2 Å². The van der Waals surface area contributed by atoms with Gasteiger partial charge in [-0.2, -0.15) is 0 Å². The molecule has 2 nitrogen and oxygen atoms in total. The first kappa shape index (κ1) is 11.7. The summed E-state index contributed by atoms with van der Waals surface area (Å²) in [6, 6.07) is 0. The van der Waals surface area contributed by atoms with E-state index in [1.807, 2.05) is 6.92 Å². The van der Waals surface area contributed by atoms with E-state index >= 15 is 0 Å². The van der Waals surface area contributed by atoms with Crippen LogP contribution in [-0.2, 0) is 0 Å². The number of hydrogen-bond donors (Lipinski definition) is 2. The predicted molar refractivity (Wildman–Crippen MR) is 52.8 cm³/mol. The molecule has 0 aliphatic heterocycles. The van der Waals surface area contributed by atoms with Crippen LogP contribution < -0.4 is 5.73 Å². The van der Waals surface area contributed by atoms with Gasteiger partial charge in [0.15, 0.2) is 0 Å². The quantitative estimate of drug-likeness (QED) is 0.514. The van der Waals surface area contributed by atoms with Gasteiger partial charge in [0.1, 0.15) is 6.23 Å². The van der Waals surface area contributed by atoms with Crippen LogP contribution in [0.15, 0.2) is 23.3 Å². The van der Waals surface area contributed by atoms with Crippen LogP contribution in [0, 0.1) is 0 Å². The lowest BCUT2D eigenvalue weighted by Gasteiger charge is -2.07. The Morgan fingerprint density at radius 3 is 2.67 bits per heavy atom. The van der Waals surface area contributed by atoms with Gasteiger partial charge in [-0.15, -0.1) is 0 Å². The maximum Gasteiger partial charge on any atom is 0.106 e. The van der Waals surface area contributed by atoms with Crippen molar-refractivity contribution in [2.24, 2.45) is 5.73 Å². The molecule has 0 spiro atoms. The van der Waals surface area contributed by atoms with Gasteiger partial charge in [-0.3, -0.25) is 0 Å². The lowest BCUT2D eigenvalue weighted by molar-refractivity contribution is 0.183. The maximum atomic E-state index is 8.91. The van der Waals surface area contributed by atoms with Crippen molar-refractivity contribution in [2.75, 3.05) is 0 Å². The van der Waals surface area contributed by atoms with Crippen molar-refractivity contribution in [2.45, 2.75) is 32.4 Å². The third-order valence-electron chi connectivity index (χ3n) is 1.49. The smallest absolute Gasteiger partial charge is 0.106 e. The van der Waals surface area contributed by atoms with Crippen LogP contribution in [0.3, 0.4) is 0 Å². The molecule has 12 heavy (non-hydrogen) atoms. The summed E-state index contributed by atoms with van der Waals surface area (Å²) in [4.78, 5) is 0. The second-order valence-corrected chi connectivity index (χ2v) is 3.11. The summed E-state index contributed by atoms with van der Waals surface area (Å²) in [6.07, 6.45) is 2.98. The van der Waals surface area contributed by atoms with Crippen LogP contribution in [-0.4, -0.2) is 11.3 Å². The third-order valence-corrected chi connectivity index (χ3v) is 1.93. The van der Waals surface area contributed by atoms with E-state index < -0.39 is 6.23 Å². The van der Waals surface area contributed by atoms with E-state index in [1.165, 1.54) is 0 Å². The molecular formula is C9H16ClNO. The van der Waals surface area contributed by atoms with Gasteiger partial charge in [0.25, 0.3) is 0 Å². The van der Waals surface area contributed by atoms with Crippen LogP contribution in [0.5, 0.6) is 0 Å². The molecule has 0 radical (unpaired) electrons. The Labute approximate surface area is 78.7 Å². The lowest BCUT2D eigenvalue weighted by atomic mass is 10.1. The topological polar surface area (TPSA) is 46.2 Å². The first-order chi connectivity index (χ1) is 5.61. The lowest BCUT2D eigenvalue weighted by Crippen LogP contribution is -2.19. The van der Waals surface area contributed by atoms with Crippen LogP contribution in [0.25, 0.3) is 0 Å². The minimum absolute atomic E-state index is 0.377. The van der Waals surface area contributed by atoms with Crippen LogP contribution >= 0.6 is 11.6 Å². The van der Waals surface area contributed by atoms with Gasteiger partial charge in [0, 0.05) is 11.5 Å². The molecule has 3 N–H and O–H groups in total. The molecule has 0 bridgehead atoms. The highest BCUT2D eigenvalue weighted by molar-refractivity contribution is 6.30. The Kier molecular flexibility index (Phi) is 6.07. The highest BCUT2D eigenvalue weighted by atomic mass is 35.5. The summed E-state index contributed by atoms with van der Waals surface area (Å²) in [5.41, 5.74) is 6.06. The van der Waals surface area contributed by atoms with Crippen molar-refractivity contribution >= 4 is 11.6 Å². The predicted octanol–water partition coefficient (Wildman–Crippen LogP) is 2.13. The van der Waals surface area contributed by atoms with E-state index in [1.54, 1.807) is 6.08 Å². The third kappa shape index (κ3) is 4.54. The molecule has 0 rings (SSSR count). The summed E-state index contributed by atoms with van der Waals surface area (Å²) < 4.78 is 0. The number of rotatable bonds is 5. The number of allylic oxidation sites excluding steroid dienone is 2. The number of hydrogen-bond acceptors (Lipinski definition) is 2. The fourth-order valence-corrected chi connectivity index (χ4v) is 1.25. The Bertz CT molecular complexity index is 175. The zero-order valence-electron chi connectivity index (χ0n) is 7.39. The number of nitrogens with two attached hydrogens (primary N) is 1. The molecular weight excluding hydrogens is 174 g/mol. The molecule has 0 saturated carbocycles. The zero-order chi connectivity index (χ0) is 9.56. The first-order valence-electron chi connectivity index (χ1n) is 4.05. The van der Waals surface area contributed by atoms with Crippen molar-refractivity contribution in [3.05, 3.63) is 23.3 Å². The molecule has 0 aromatic rings. The van der Waals surface area contributed by atoms with Gasteiger partial charge >= 0.3 is 0 Å². The second-order valence-electron chi connectivity index (χ2n) is 2.66. The van der Waals surface area contributed by atoms with Crippen molar-refractivity contribution in [3.63, 3.8) is 0 Å². The largest absolute Gasteiger partial charge is 0.378 e. The molecule has 0 aromatic heterocycles. The van der Waals surface area contributed by atoms with Gasteiger partial charge in [-0.1, -0.05) is 37.6 Å². The summed E-state index contributed by atoms with van der Waals surface area (Å²) in [7, 11) is 0. The molecule has 3 heteroatoms. The molecule has 70 valence electrons. The Morgan fingerprint density at radius 2 is 2.33 bits per heavy atom. The number of aliphatic hydroxyl groups is 1. The van der Waals surface area contributed by atoms with E-state index in [2.05, 4.69) is 6.58 Å². The van der Waals surface area contributed by atoms with Gasteiger partial charge < -0.3 is 10.8 Å². The van der Waals surface area contributed by atoms with Gasteiger partial charge in [0.2, 0.25) is 0 Å². The van der Waals surface area contributed by atoms with E-state index in [0.29, 0.717) is 6.42 Å². The summed E-state index contributed by atoms with van der Waals surface area (Å²) >= 11 is 5.93. The highest BCUT2D eigenvalue weighted by Gasteiger charge is 2.03. The first-order valence-corrected chi connectivity index (χ1v) is 4.43. The summed E-state index contributed by atoms with van der Waals surface area (Å²) in [5.74, 6) is 0. The Balaban J connectivity index is 4.27. The monoisotopic (exact) mass is 189 g/mol. The maximum absolute atomic E-state index is 8.91. The van der Waals surface area contributed by atoms with E-state index in [0.717, 1.165) is 23.4 Å². The molecule has 0 fully saturated rings. The molecule has 0 aliphatic rings. The minimum Gasteiger partial charge on any atom is -0.378 e. The standard InChI is InChI=1S/C9H16ClNO/c1-3-5-8(10)7(4-2)6-9(11)12/h4,9,12H,2-3,5-6,11H2,1H3/b8-7-. The molecule has 0 heterocycles. The van der Waals surface area contributed by atoms with Crippen LogP contribution in [0.2, 0.25) is 0 Å². The minimum atomic E-state index is -0.844. The molecule has 0 aliphatic carbocycles. The normalized spacial score (nSPS) is 15.3. The van der Waals surface area contributed by atoms with E-state index in [9.17, 15) is 0 Å². The molecule has 0 saturated heterocycles. The van der Waals surface area contributed by atoms with Gasteiger partial charge in [-0.25, -0.2) is 0 Å². The highest BCUT2D eigenvalue weighted by Crippen LogP contribution is 2.19. The number of aliphatic hydroxyl groups excluding tert-OH is 1. The average Bonchev–Trinajstić information content (AvgIpc) is 2.00. The molecule has 1 unspecified atom stereocenters.